The van der Waals surface area contributed by atoms with E-state index in [1.54, 1.807) is 5.57 Å². The van der Waals surface area contributed by atoms with Crippen molar-refractivity contribution in [2.45, 2.75) is 112 Å². The molecular formula is C38H59N. The molecule has 1 aromatic carbocycles. The van der Waals surface area contributed by atoms with E-state index in [9.17, 15) is 0 Å². The summed E-state index contributed by atoms with van der Waals surface area (Å²) in [5.74, 6) is 3.45. The molecule has 0 spiro atoms. The van der Waals surface area contributed by atoms with Gasteiger partial charge in [-0.1, -0.05) is 108 Å². The van der Waals surface area contributed by atoms with Crippen LogP contribution in [0.5, 0.6) is 0 Å². The van der Waals surface area contributed by atoms with E-state index in [0.717, 1.165) is 36.8 Å². The number of nitrogen functional groups attached to an aromatic ring is 1. The van der Waals surface area contributed by atoms with Gasteiger partial charge in [-0.3, -0.25) is 0 Å². The molecule has 216 valence electrons. The molecule has 1 aliphatic carbocycles. The van der Waals surface area contributed by atoms with Crippen molar-refractivity contribution in [3.8, 4) is 0 Å². The zero-order valence-corrected chi connectivity index (χ0v) is 26.2. The fourth-order valence-electron chi connectivity index (χ4n) is 6.22. The molecule has 0 bridgehead atoms. The van der Waals surface area contributed by atoms with Crippen LogP contribution in [0.2, 0.25) is 0 Å². The van der Waals surface area contributed by atoms with Crippen LogP contribution in [-0.2, 0) is 6.42 Å². The summed E-state index contributed by atoms with van der Waals surface area (Å²) in [7, 11) is 0. The second-order valence-electron chi connectivity index (χ2n) is 12.3. The summed E-state index contributed by atoms with van der Waals surface area (Å²) in [5.41, 5.74) is 13.1. The molecule has 5 atom stereocenters. The van der Waals surface area contributed by atoms with E-state index in [1.807, 2.05) is 6.08 Å². The third-order valence-corrected chi connectivity index (χ3v) is 9.18. The van der Waals surface area contributed by atoms with Crippen molar-refractivity contribution in [2.24, 2.45) is 29.6 Å². The number of hydrogen-bond acceptors (Lipinski definition) is 1. The average molecular weight is 530 g/mol. The molecule has 1 fully saturated rings. The van der Waals surface area contributed by atoms with Crippen LogP contribution in [-0.4, -0.2) is 0 Å². The third kappa shape index (κ3) is 11.4. The van der Waals surface area contributed by atoms with Crippen molar-refractivity contribution in [1.29, 1.82) is 0 Å². The van der Waals surface area contributed by atoms with Crippen molar-refractivity contribution < 1.29 is 0 Å². The van der Waals surface area contributed by atoms with E-state index in [1.165, 1.54) is 68.1 Å². The maximum absolute atomic E-state index is 6.36. The predicted octanol–water partition coefficient (Wildman–Crippen LogP) is 11.5. The fraction of sp³-hybridized carbons (Fsp3) is 0.579. The Morgan fingerprint density at radius 3 is 2.36 bits per heavy atom. The quantitative estimate of drug-likeness (QED) is 0.163. The summed E-state index contributed by atoms with van der Waals surface area (Å²) in [4.78, 5) is 0. The van der Waals surface area contributed by atoms with Gasteiger partial charge in [0.05, 0.1) is 0 Å². The molecule has 0 aliphatic heterocycles. The highest BCUT2D eigenvalue weighted by Gasteiger charge is 2.21. The summed E-state index contributed by atoms with van der Waals surface area (Å²) in [6, 6.07) is 6.67. The van der Waals surface area contributed by atoms with Gasteiger partial charge in [-0.15, -0.1) is 6.58 Å². The van der Waals surface area contributed by atoms with Crippen LogP contribution in [0.25, 0.3) is 5.57 Å². The van der Waals surface area contributed by atoms with Gasteiger partial charge < -0.3 is 5.73 Å². The molecule has 1 nitrogen and oxygen atoms in total. The molecule has 1 heteroatoms. The van der Waals surface area contributed by atoms with Crippen molar-refractivity contribution >= 4 is 11.3 Å². The van der Waals surface area contributed by atoms with Gasteiger partial charge in [-0.05, 0) is 116 Å². The Morgan fingerprint density at radius 2 is 1.67 bits per heavy atom. The van der Waals surface area contributed by atoms with Crippen LogP contribution in [0, 0.1) is 29.6 Å². The SMILES string of the molecule is C=CCC=CC(=CC)C(C)C=CCC(C)CCc1ccc(N)cc1C(=CC)C1CCCCC(C)C(C)CCC1. The summed E-state index contributed by atoms with van der Waals surface area (Å²) in [6.07, 6.45) is 29.5. The lowest BCUT2D eigenvalue weighted by atomic mass is 9.78. The molecular weight excluding hydrogens is 470 g/mol. The third-order valence-electron chi connectivity index (χ3n) is 9.18. The van der Waals surface area contributed by atoms with Crippen LogP contribution < -0.4 is 5.73 Å². The Hall–Kier alpha value is -2.28. The topological polar surface area (TPSA) is 26.0 Å². The number of anilines is 1. The molecule has 39 heavy (non-hydrogen) atoms. The van der Waals surface area contributed by atoms with Gasteiger partial charge in [0, 0.05) is 5.69 Å². The first-order valence-electron chi connectivity index (χ1n) is 16.0. The molecule has 0 heterocycles. The minimum atomic E-state index is 0.438. The lowest BCUT2D eigenvalue weighted by Gasteiger charge is -2.27. The molecule has 0 saturated heterocycles. The number of benzene rings is 1. The monoisotopic (exact) mass is 529 g/mol. The summed E-state index contributed by atoms with van der Waals surface area (Å²) in [5, 5.41) is 0. The van der Waals surface area contributed by atoms with E-state index in [0.29, 0.717) is 17.8 Å². The van der Waals surface area contributed by atoms with Crippen molar-refractivity contribution in [1.82, 2.24) is 0 Å². The summed E-state index contributed by atoms with van der Waals surface area (Å²) in [6.45, 7) is 17.8. The van der Waals surface area contributed by atoms with E-state index >= 15 is 0 Å². The highest BCUT2D eigenvalue weighted by atomic mass is 14.5. The van der Waals surface area contributed by atoms with E-state index in [4.69, 9.17) is 5.73 Å². The lowest BCUT2D eigenvalue weighted by molar-refractivity contribution is 0.302. The molecule has 1 aliphatic rings. The van der Waals surface area contributed by atoms with Crippen LogP contribution in [0.3, 0.4) is 0 Å². The molecule has 0 radical (unpaired) electrons. The zero-order valence-electron chi connectivity index (χ0n) is 26.2. The van der Waals surface area contributed by atoms with Crippen molar-refractivity contribution in [3.05, 3.63) is 84.0 Å². The largest absolute Gasteiger partial charge is 0.399 e. The maximum Gasteiger partial charge on any atom is 0.0320 e. The van der Waals surface area contributed by atoms with Gasteiger partial charge in [-0.25, -0.2) is 0 Å². The van der Waals surface area contributed by atoms with Crippen molar-refractivity contribution in [2.75, 3.05) is 5.73 Å². The van der Waals surface area contributed by atoms with E-state index in [2.05, 4.69) is 103 Å². The Morgan fingerprint density at radius 1 is 0.974 bits per heavy atom. The normalized spacial score (nSPS) is 23.7. The van der Waals surface area contributed by atoms with E-state index < -0.39 is 0 Å². The zero-order chi connectivity index (χ0) is 28.6. The molecule has 1 aromatic rings. The maximum atomic E-state index is 6.36. The average Bonchev–Trinajstić information content (AvgIpc) is 2.92. The van der Waals surface area contributed by atoms with Gasteiger partial charge in [0.2, 0.25) is 0 Å². The lowest BCUT2D eigenvalue weighted by Crippen LogP contribution is -2.13. The van der Waals surface area contributed by atoms with Gasteiger partial charge in [0.15, 0.2) is 0 Å². The second kappa shape index (κ2) is 18.1. The standard InChI is InChI=1S/C38H59N/c1-8-11-12-21-33(9-2)32(7)20-15-17-29(4)24-25-35-26-27-36(39)28-38(35)37(10-3)34-22-14-13-18-30(5)31(6)19-16-23-34/h8-10,12,15,20-21,26-32,34H,1,11,13-14,16-19,22-25,39H2,2-7H3. The van der Waals surface area contributed by atoms with Gasteiger partial charge in [-0.2, -0.15) is 0 Å². The van der Waals surface area contributed by atoms with Gasteiger partial charge in [0.25, 0.3) is 0 Å². The molecule has 2 rings (SSSR count). The minimum absolute atomic E-state index is 0.438. The van der Waals surface area contributed by atoms with Gasteiger partial charge >= 0.3 is 0 Å². The highest BCUT2D eigenvalue weighted by molar-refractivity contribution is 5.72. The molecule has 5 unspecified atom stereocenters. The van der Waals surface area contributed by atoms with Crippen LogP contribution in [0.1, 0.15) is 117 Å². The van der Waals surface area contributed by atoms with E-state index in [-0.39, 0.29) is 0 Å². The molecule has 0 amide bonds. The smallest absolute Gasteiger partial charge is 0.0320 e. The first-order chi connectivity index (χ1) is 18.8. The fourth-order valence-corrected chi connectivity index (χ4v) is 6.22. The number of aryl methyl sites for hydroxylation is 1. The number of nitrogens with two attached hydrogens (primary N) is 1. The first kappa shape index (κ1) is 32.9. The Labute approximate surface area is 242 Å². The number of allylic oxidation sites excluding steroid dienone is 9. The first-order valence-corrected chi connectivity index (χ1v) is 16.0. The van der Waals surface area contributed by atoms with Crippen LogP contribution >= 0.6 is 0 Å². The van der Waals surface area contributed by atoms with Crippen LogP contribution in [0.4, 0.5) is 5.69 Å². The summed E-state index contributed by atoms with van der Waals surface area (Å²) >= 11 is 0. The van der Waals surface area contributed by atoms with Crippen LogP contribution in [0.15, 0.2) is 72.9 Å². The highest BCUT2D eigenvalue weighted by Crippen LogP contribution is 2.37. The molecule has 2 N–H and O–H groups in total. The second-order valence-corrected chi connectivity index (χ2v) is 12.3. The Balaban J connectivity index is 2.05. The minimum Gasteiger partial charge on any atom is -0.399 e. The molecule has 1 saturated carbocycles. The summed E-state index contributed by atoms with van der Waals surface area (Å²) < 4.78 is 0. The van der Waals surface area contributed by atoms with Gasteiger partial charge in [0.1, 0.15) is 0 Å². The predicted molar refractivity (Wildman–Crippen MR) is 177 cm³/mol. The Bertz CT molecular complexity index is 974. The molecule has 0 aromatic heterocycles. The Kier molecular flexibility index (Phi) is 15.3. The number of hydrogen-bond donors (Lipinski definition) is 1. The van der Waals surface area contributed by atoms with Crippen molar-refractivity contribution in [3.63, 3.8) is 0 Å². The number of rotatable bonds is 12.